The standard InChI is InChI=1S/C49H94N4O9/c1-4-7-10-13-16-19-22-25-28-33-42(55)37-45(56)51-41(40-54)32-31-36-50-49(61)44(39-47(58)59)52-53-46(57)38-43(34-29-26-23-20-17-14-11-8-5-2)62-48(60)35-30-27-24-21-18-15-12-9-6-3/h41-44,52,54-55H,4-40H2,1-3H3,(H,50,61)(H,51,56)(H,53,57)(H,58,59)/t41-,42-,43-,44-/m1/s1. The number of unbranched alkanes of at least 4 members (excludes halogenated alkanes) is 24. The number of carbonyl (C=O) groups excluding carboxylic acids is 4. The van der Waals surface area contributed by atoms with Crippen molar-refractivity contribution >= 4 is 29.7 Å². The molecule has 62 heavy (non-hydrogen) atoms. The monoisotopic (exact) mass is 883 g/mol. The number of carboxylic acid groups (broad SMARTS) is 1. The minimum absolute atomic E-state index is 0.0414. The fourth-order valence-electron chi connectivity index (χ4n) is 7.71. The highest BCUT2D eigenvalue weighted by Gasteiger charge is 2.24. The highest BCUT2D eigenvalue weighted by molar-refractivity contribution is 5.86. The zero-order valence-corrected chi connectivity index (χ0v) is 39.8. The summed E-state index contributed by atoms with van der Waals surface area (Å²) in [6.45, 7) is 6.47. The minimum atomic E-state index is -1.26. The van der Waals surface area contributed by atoms with Crippen LogP contribution in [0.1, 0.15) is 245 Å². The van der Waals surface area contributed by atoms with Crippen LogP contribution in [-0.2, 0) is 28.7 Å². The first-order valence-corrected chi connectivity index (χ1v) is 25.4. The summed E-state index contributed by atoms with van der Waals surface area (Å²) in [7, 11) is 0. The molecule has 0 aromatic heterocycles. The second kappa shape index (κ2) is 43.5. The number of hydrazine groups is 1. The summed E-state index contributed by atoms with van der Waals surface area (Å²) in [6, 6.07) is -1.82. The third-order valence-electron chi connectivity index (χ3n) is 11.6. The fraction of sp³-hybridized carbons (Fsp3) is 0.898. The van der Waals surface area contributed by atoms with E-state index in [1.54, 1.807) is 0 Å². The molecule has 13 nitrogen and oxygen atoms in total. The van der Waals surface area contributed by atoms with Gasteiger partial charge in [-0.2, -0.15) is 0 Å². The number of hydrogen-bond donors (Lipinski definition) is 7. The molecule has 0 aliphatic heterocycles. The number of ether oxygens (including phenoxy) is 1. The van der Waals surface area contributed by atoms with Crippen LogP contribution >= 0.6 is 0 Å². The van der Waals surface area contributed by atoms with Crippen LogP contribution < -0.4 is 21.5 Å². The largest absolute Gasteiger partial charge is 0.481 e. The lowest BCUT2D eigenvalue weighted by molar-refractivity contribution is -0.151. The first-order chi connectivity index (χ1) is 30.1. The average molecular weight is 883 g/mol. The van der Waals surface area contributed by atoms with Gasteiger partial charge in [0.05, 0.1) is 38.0 Å². The van der Waals surface area contributed by atoms with Gasteiger partial charge >= 0.3 is 11.9 Å². The average Bonchev–Trinajstić information content (AvgIpc) is 3.24. The van der Waals surface area contributed by atoms with Gasteiger partial charge in [0.2, 0.25) is 17.7 Å². The van der Waals surface area contributed by atoms with E-state index in [0.717, 1.165) is 64.2 Å². The number of carboxylic acids is 1. The van der Waals surface area contributed by atoms with Crippen molar-refractivity contribution in [3.63, 3.8) is 0 Å². The number of aliphatic hydroxyl groups is 2. The Morgan fingerprint density at radius 3 is 1.48 bits per heavy atom. The molecule has 0 saturated heterocycles. The number of aliphatic hydroxyl groups excluding tert-OH is 2. The molecule has 0 spiro atoms. The lowest BCUT2D eigenvalue weighted by Crippen LogP contribution is -2.53. The van der Waals surface area contributed by atoms with Gasteiger partial charge in [0.15, 0.2) is 0 Å². The molecule has 13 heteroatoms. The van der Waals surface area contributed by atoms with Crippen molar-refractivity contribution in [2.75, 3.05) is 13.2 Å². The third-order valence-corrected chi connectivity index (χ3v) is 11.6. The molecule has 0 aliphatic carbocycles. The quantitative estimate of drug-likeness (QED) is 0.0175. The molecular weight excluding hydrogens is 789 g/mol. The van der Waals surface area contributed by atoms with E-state index in [-0.39, 0.29) is 37.9 Å². The molecule has 0 bridgehead atoms. The van der Waals surface area contributed by atoms with Crippen LogP contribution in [0.5, 0.6) is 0 Å². The summed E-state index contributed by atoms with van der Waals surface area (Å²) in [4.78, 5) is 63.0. The Balaban J connectivity index is 4.81. The summed E-state index contributed by atoms with van der Waals surface area (Å²) in [5, 5.41) is 35.1. The Kier molecular flexibility index (Phi) is 41.5. The molecule has 0 aliphatic rings. The molecule has 0 aromatic carbocycles. The Labute approximate surface area is 377 Å². The molecule has 0 radical (unpaired) electrons. The van der Waals surface area contributed by atoms with Crippen molar-refractivity contribution in [3.05, 3.63) is 0 Å². The molecule has 3 amide bonds. The lowest BCUT2D eigenvalue weighted by atomic mass is 10.0. The van der Waals surface area contributed by atoms with Crippen LogP contribution in [0.4, 0.5) is 0 Å². The normalized spacial score (nSPS) is 13.2. The zero-order chi connectivity index (χ0) is 45.9. The highest BCUT2D eigenvalue weighted by Crippen LogP contribution is 2.17. The van der Waals surface area contributed by atoms with E-state index in [1.807, 2.05) is 0 Å². The Bertz CT molecular complexity index is 1110. The van der Waals surface area contributed by atoms with Crippen molar-refractivity contribution in [2.24, 2.45) is 0 Å². The summed E-state index contributed by atoms with van der Waals surface area (Å²) >= 11 is 0. The third kappa shape index (κ3) is 38.9. The van der Waals surface area contributed by atoms with Crippen molar-refractivity contribution in [2.45, 2.75) is 270 Å². The molecule has 4 atom stereocenters. The lowest BCUT2D eigenvalue weighted by Gasteiger charge is -2.21. The van der Waals surface area contributed by atoms with Crippen LogP contribution in [0.15, 0.2) is 0 Å². The number of carbonyl (C=O) groups is 5. The first kappa shape index (κ1) is 59.2. The number of nitrogens with one attached hydrogen (secondary N) is 4. The molecule has 0 unspecified atom stereocenters. The molecule has 7 N–H and O–H groups in total. The summed E-state index contributed by atoms with van der Waals surface area (Å²) in [5.74, 6) is -3.03. The van der Waals surface area contributed by atoms with Gasteiger partial charge in [0.25, 0.3) is 0 Å². The molecule has 0 heterocycles. The fourth-order valence-corrected chi connectivity index (χ4v) is 7.71. The van der Waals surface area contributed by atoms with Crippen LogP contribution in [0, 0.1) is 0 Å². The van der Waals surface area contributed by atoms with Crippen LogP contribution in [0.2, 0.25) is 0 Å². The number of hydrogen-bond acceptors (Lipinski definition) is 9. The van der Waals surface area contributed by atoms with Crippen molar-refractivity contribution in [1.82, 2.24) is 21.5 Å². The topological polar surface area (TPSA) is 203 Å². The Hall–Kier alpha value is -2.77. The van der Waals surface area contributed by atoms with E-state index in [9.17, 15) is 39.3 Å². The van der Waals surface area contributed by atoms with E-state index >= 15 is 0 Å². The van der Waals surface area contributed by atoms with E-state index < -0.39 is 48.5 Å². The van der Waals surface area contributed by atoms with Crippen molar-refractivity contribution in [3.8, 4) is 0 Å². The number of rotatable bonds is 46. The maximum atomic E-state index is 13.1. The first-order valence-electron chi connectivity index (χ1n) is 25.4. The van der Waals surface area contributed by atoms with E-state index in [4.69, 9.17) is 4.74 Å². The zero-order valence-electron chi connectivity index (χ0n) is 39.8. The maximum Gasteiger partial charge on any atom is 0.306 e. The van der Waals surface area contributed by atoms with Gasteiger partial charge in [-0.15, -0.1) is 0 Å². The van der Waals surface area contributed by atoms with Gasteiger partial charge in [-0.05, 0) is 38.5 Å². The minimum Gasteiger partial charge on any atom is -0.481 e. The summed E-state index contributed by atoms with van der Waals surface area (Å²) < 4.78 is 5.80. The Morgan fingerprint density at radius 1 is 0.532 bits per heavy atom. The van der Waals surface area contributed by atoms with Gasteiger partial charge < -0.3 is 30.7 Å². The van der Waals surface area contributed by atoms with Crippen LogP contribution in [-0.4, -0.2) is 82.4 Å². The van der Waals surface area contributed by atoms with Gasteiger partial charge in [0, 0.05) is 13.0 Å². The van der Waals surface area contributed by atoms with Gasteiger partial charge in [-0.1, -0.05) is 181 Å². The smallest absolute Gasteiger partial charge is 0.306 e. The van der Waals surface area contributed by atoms with Crippen molar-refractivity contribution in [1.29, 1.82) is 0 Å². The van der Waals surface area contributed by atoms with Gasteiger partial charge in [-0.25, -0.2) is 5.43 Å². The predicted octanol–water partition coefficient (Wildman–Crippen LogP) is 9.64. The predicted molar refractivity (Wildman–Crippen MR) is 249 cm³/mol. The number of aliphatic carboxylic acids is 1. The van der Waals surface area contributed by atoms with E-state index in [0.29, 0.717) is 32.1 Å². The van der Waals surface area contributed by atoms with E-state index in [2.05, 4.69) is 42.3 Å². The number of amides is 3. The maximum absolute atomic E-state index is 13.1. The SMILES string of the molecule is CCCCCCCCCCCC(=O)O[C@H](CCCCCCCCCCC)CC(=O)NN[C@H](CC(=O)O)C(=O)NCCC[C@H](CO)NC(=O)C[C@H](O)CCCCCCCCCCC. The number of esters is 1. The van der Waals surface area contributed by atoms with E-state index in [1.165, 1.54) is 109 Å². The second-order valence-electron chi connectivity index (χ2n) is 17.7. The van der Waals surface area contributed by atoms with Gasteiger partial charge in [0.1, 0.15) is 12.1 Å². The van der Waals surface area contributed by atoms with Crippen LogP contribution in [0.25, 0.3) is 0 Å². The highest BCUT2D eigenvalue weighted by atomic mass is 16.5. The molecular formula is C49H94N4O9. The molecule has 0 aromatic rings. The molecule has 0 saturated carbocycles. The second-order valence-corrected chi connectivity index (χ2v) is 17.7. The molecule has 0 fully saturated rings. The Morgan fingerprint density at radius 2 is 1.00 bits per heavy atom. The van der Waals surface area contributed by atoms with Crippen molar-refractivity contribution < 1.29 is 44.0 Å². The summed E-state index contributed by atoms with van der Waals surface area (Å²) in [6.07, 6.45) is 31.1. The van der Waals surface area contributed by atoms with Gasteiger partial charge in [-0.3, -0.25) is 29.4 Å². The summed E-state index contributed by atoms with van der Waals surface area (Å²) in [5.41, 5.74) is 5.04. The van der Waals surface area contributed by atoms with Crippen LogP contribution in [0.3, 0.4) is 0 Å². The molecule has 364 valence electrons. The molecule has 0 rings (SSSR count).